The molecule has 0 radical (unpaired) electrons. The quantitative estimate of drug-likeness (QED) is 0.186. The molecule has 1 heterocycles. The van der Waals surface area contributed by atoms with Crippen LogP contribution >= 0.6 is 54.5 Å². The van der Waals surface area contributed by atoms with Gasteiger partial charge in [-0.05, 0) is 99.0 Å². The maximum atomic E-state index is 13.9. The minimum atomic E-state index is -0.813. The molecule has 3 aromatic carbocycles. The van der Waals surface area contributed by atoms with Crippen LogP contribution in [0.1, 0.15) is 16.7 Å². The third-order valence-corrected chi connectivity index (χ3v) is 7.44. The number of carbonyl (C=O) groups is 3. The van der Waals surface area contributed by atoms with E-state index in [0.717, 1.165) is 14.9 Å². The first-order valence-corrected chi connectivity index (χ1v) is 12.8. The summed E-state index contributed by atoms with van der Waals surface area (Å²) in [5.41, 5.74) is 1.94. The number of ether oxygens (including phenoxy) is 1. The number of aryl methyl sites for hydroxylation is 1. The highest BCUT2D eigenvalue weighted by Crippen LogP contribution is 2.34. The molecule has 35 heavy (non-hydrogen) atoms. The van der Waals surface area contributed by atoms with Crippen LogP contribution in [0, 0.1) is 16.3 Å². The van der Waals surface area contributed by atoms with Crippen molar-refractivity contribution < 1.29 is 23.5 Å². The van der Waals surface area contributed by atoms with Crippen molar-refractivity contribution >= 4 is 84.1 Å². The van der Waals surface area contributed by atoms with Crippen LogP contribution in [-0.4, -0.2) is 17.8 Å². The Hall–Kier alpha value is -2.57. The van der Waals surface area contributed by atoms with E-state index in [1.165, 1.54) is 12.1 Å². The molecule has 1 aliphatic heterocycles. The van der Waals surface area contributed by atoms with Crippen molar-refractivity contribution in [2.24, 2.45) is 0 Å². The van der Waals surface area contributed by atoms with E-state index >= 15 is 0 Å². The molecule has 1 N–H and O–H groups in total. The molecule has 1 fully saturated rings. The zero-order valence-electron chi connectivity index (χ0n) is 18.1. The largest absolute Gasteiger partial charge is 0.486 e. The lowest BCUT2D eigenvalue weighted by Crippen LogP contribution is -2.54. The summed E-state index contributed by atoms with van der Waals surface area (Å²) < 4.78 is 21.8. The van der Waals surface area contributed by atoms with Gasteiger partial charge in [-0.15, -0.1) is 0 Å². The van der Waals surface area contributed by atoms with Crippen molar-refractivity contribution in [3.05, 3.63) is 95.2 Å². The third-order valence-electron chi connectivity index (χ3n) is 5.16. The number of hydrogen-bond acceptors (Lipinski definition) is 4. The van der Waals surface area contributed by atoms with Crippen LogP contribution in [0.3, 0.4) is 0 Å². The molecule has 3 aromatic rings. The fourth-order valence-electron chi connectivity index (χ4n) is 3.39. The molecular formula is C25H16Br2FIN2O4. The number of urea groups is 1. The van der Waals surface area contributed by atoms with Gasteiger partial charge in [-0.25, -0.2) is 14.1 Å². The number of imide groups is 2. The number of rotatable bonds is 5. The Morgan fingerprint density at radius 2 is 1.80 bits per heavy atom. The van der Waals surface area contributed by atoms with Crippen molar-refractivity contribution in [1.82, 2.24) is 5.32 Å². The van der Waals surface area contributed by atoms with Crippen LogP contribution in [-0.2, 0) is 16.2 Å². The normalized spacial score (nSPS) is 14.9. The summed E-state index contributed by atoms with van der Waals surface area (Å²) in [7, 11) is 0. The smallest absolute Gasteiger partial charge is 0.335 e. The van der Waals surface area contributed by atoms with Crippen LogP contribution in [0.15, 0.2) is 69.1 Å². The summed E-state index contributed by atoms with van der Waals surface area (Å²) in [4.78, 5) is 39.1. The SMILES string of the molecule is Cc1cc(N2C(=O)NC(=O)/C(=C\c3cc(Br)c(OCc4ccccc4F)c(I)c3)C2=O)ccc1Br. The highest BCUT2D eigenvalue weighted by atomic mass is 127. The highest BCUT2D eigenvalue weighted by molar-refractivity contribution is 14.1. The van der Waals surface area contributed by atoms with Crippen LogP contribution in [0.4, 0.5) is 14.9 Å². The lowest BCUT2D eigenvalue weighted by Gasteiger charge is -2.26. The van der Waals surface area contributed by atoms with Crippen LogP contribution in [0.25, 0.3) is 6.08 Å². The molecule has 0 saturated carbocycles. The lowest BCUT2D eigenvalue weighted by molar-refractivity contribution is -0.122. The number of halogens is 4. The molecule has 0 aromatic heterocycles. The molecule has 10 heteroatoms. The Bertz CT molecular complexity index is 1390. The number of hydrogen-bond donors (Lipinski definition) is 1. The second-order valence-corrected chi connectivity index (χ2v) is 10.5. The Balaban J connectivity index is 1.62. The van der Waals surface area contributed by atoms with Gasteiger partial charge in [0.2, 0.25) is 0 Å². The van der Waals surface area contributed by atoms with Crippen molar-refractivity contribution in [3.8, 4) is 5.75 Å². The zero-order chi connectivity index (χ0) is 25.3. The van der Waals surface area contributed by atoms with Gasteiger partial charge >= 0.3 is 6.03 Å². The van der Waals surface area contributed by atoms with Gasteiger partial charge in [0.15, 0.2) is 0 Å². The van der Waals surface area contributed by atoms with E-state index in [0.29, 0.717) is 30.6 Å². The van der Waals surface area contributed by atoms with E-state index in [1.807, 2.05) is 6.92 Å². The third kappa shape index (κ3) is 5.49. The first-order valence-electron chi connectivity index (χ1n) is 10.2. The van der Waals surface area contributed by atoms with E-state index < -0.39 is 17.8 Å². The molecule has 0 atom stereocenters. The first-order chi connectivity index (χ1) is 16.7. The highest BCUT2D eigenvalue weighted by Gasteiger charge is 2.37. The summed E-state index contributed by atoms with van der Waals surface area (Å²) in [5, 5.41) is 2.22. The predicted molar refractivity (Wildman–Crippen MR) is 145 cm³/mol. The molecule has 1 aliphatic rings. The summed E-state index contributed by atoms with van der Waals surface area (Å²) >= 11 is 8.90. The van der Waals surface area contributed by atoms with Crippen LogP contribution in [0.5, 0.6) is 5.75 Å². The zero-order valence-corrected chi connectivity index (χ0v) is 23.4. The van der Waals surface area contributed by atoms with Gasteiger partial charge in [0.25, 0.3) is 11.8 Å². The van der Waals surface area contributed by atoms with Gasteiger partial charge in [0.05, 0.1) is 13.7 Å². The van der Waals surface area contributed by atoms with Gasteiger partial charge in [-0.2, -0.15) is 0 Å². The minimum absolute atomic E-state index is 0.0340. The first kappa shape index (κ1) is 25.5. The standard InChI is InChI=1S/C25H16Br2FIN2O4/c1-13-8-16(6-7-18(13)26)31-24(33)17(23(32)30-25(31)34)9-14-10-19(27)22(21(29)11-14)35-12-15-4-2-3-5-20(15)28/h2-11H,12H2,1H3,(H,30,32,34)/b17-9+. The molecule has 178 valence electrons. The molecular weight excluding hydrogens is 698 g/mol. The van der Waals surface area contributed by atoms with E-state index in [4.69, 9.17) is 4.74 Å². The number of barbiturate groups is 1. The molecule has 0 unspecified atom stereocenters. The Labute approximate surface area is 230 Å². The van der Waals surface area contributed by atoms with Gasteiger partial charge in [0, 0.05) is 10.0 Å². The van der Waals surface area contributed by atoms with Crippen molar-refractivity contribution in [2.45, 2.75) is 13.5 Å². The van der Waals surface area contributed by atoms with E-state index in [1.54, 1.807) is 48.5 Å². The Kier molecular flexibility index (Phi) is 7.72. The average molecular weight is 714 g/mol. The molecule has 1 saturated heterocycles. The fraction of sp³-hybridized carbons (Fsp3) is 0.0800. The van der Waals surface area contributed by atoms with Gasteiger partial charge in [-0.1, -0.05) is 34.1 Å². The topological polar surface area (TPSA) is 75.7 Å². The van der Waals surface area contributed by atoms with E-state index in [2.05, 4.69) is 59.8 Å². The average Bonchev–Trinajstić information content (AvgIpc) is 2.79. The number of amides is 4. The molecule has 6 nitrogen and oxygen atoms in total. The second-order valence-electron chi connectivity index (χ2n) is 7.59. The van der Waals surface area contributed by atoms with Gasteiger partial charge in [0.1, 0.15) is 23.7 Å². The Morgan fingerprint density at radius 3 is 2.49 bits per heavy atom. The molecule has 0 aliphatic carbocycles. The van der Waals surface area contributed by atoms with Gasteiger partial charge < -0.3 is 4.74 Å². The molecule has 4 amide bonds. The van der Waals surface area contributed by atoms with Crippen molar-refractivity contribution in [1.29, 1.82) is 0 Å². The predicted octanol–water partition coefficient (Wildman–Crippen LogP) is 6.51. The molecule has 0 spiro atoms. The molecule has 0 bridgehead atoms. The minimum Gasteiger partial charge on any atom is -0.486 e. The monoisotopic (exact) mass is 712 g/mol. The maximum Gasteiger partial charge on any atom is 0.335 e. The van der Waals surface area contributed by atoms with E-state index in [-0.39, 0.29) is 18.0 Å². The summed E-state index contributed by atoms with van der Waals surface area (Å²) in [6.45, 7) is 1.86. The second kappa shape index (κ2) is 10.6. The van der Waals surface area contributed by atoms with Crippen LogP contribution < -0.4 is 15.0 Å². The maximum absolute atomic E-state index is 13.9. The number of carbonyl (C=O) groups excluding carboxylic acids is 3. The number of anilines is 1. The number of nitrogens with zero attached hydrogens (tertiary/aromatic N) is 1. The number of benzene rings is 3. The fourth-order valence-corrected chi connectivity index (χ4v) is 5.41. The van der Waals surface area contributed by atoms with Gasteiger partial charge in [-0.3, -0.25) is 14.9 Å². The van der Waals surface area contributed by atoms with E-state index in [9.17, 15) is 18.8 Å². The van der Waals surface area contributed by atoms with Crippen LogP contribution in [0.2, 0.25) is 0 Å². The Morgan fingerprint density at radius 1 is 1.06 bits per heavy atom. The number of nitrogens with one attached hydrogen (secondary N) is 1. The van der Waals surface area contributed by atoms with Crippen molar-refractivity contribution in [2.75, 3.05) is 4.90 Å². The summed E-state index contributed by atoms with van der Waals surface area (Å²) in [6, 6.07) is 13.9. The van der Waals surface area contributed by atoms with Crippen molar-refractivity contribution in [3.63, 3.8) is 0 Å². The summed E-state index contributed by atoms with van der Waals surface area (Å²) in [5.74, 6) is -1.37. The lowest BCUT2D eigenvalue weighted by atomic mass is 10.1. The molecule has 4 rings (SSSR count). The summed E-state index contributed by atoms with van der Waals surface area (Å²) in [6.07, 6.45) is 1.41.